The molecule has 5 nitrogen and oxygen atoms in total. The first-order valence-corrected chi connectivity index (χ1v) is 7.66. The van der Waals surface area contributed by atoms with Gasteiger partial charge < -0.3 is 13.8 Å². The summed E-state index contributed by atoms with van der Waals surface area (Å²) in [6, 6.07) is 9.23. The second-order valence-electron chi connectivity index (χ2n) is 4.12. The first-order valence-electron chi connectivity index (χ1n) is 5.93. The predicted molar refractivity (Wildman–Crippen MR) is 72.6 cm³/mol. The number of hydrogen-bond donors (Lipinski definition) is 0. The Morgan fingerprint density at radius 3 is 2.32 bits per heavy atom. The number of rotatable bonds is 8. The third-order valence-corrected chi connectivity index (χ3v) is 4.37. The largest absolute Gasteiger partial charge is 0.490 e. The summed E-state index contributed by atoms with van der Waals surface area (Å²) in [6.07, 6.45) is -0.370. The number of ether oxygens (including phenoxy) is 1. The van der Waals surface area contributed by atoms with Crippen LogP contribution in [0.1, 0.15) is 13.3 Å². The average Bonchev–Trinajstić information content (AvgIpc) is 2.39. The first kappa shape index (κ1) is 15.9. The van der Waals surface area contributed by atoms with Crippen LogP contribution in [-0.4, -0.2) is 32.3 Å². The van der Waals surface area contributed by atoms with E-state index in [0.29, 0.717) is 5.75 Å². The molecule has 0 spiro atoms. The molecule has 0 saturated heterocycles. The zero-order valence-electron chi connectivity index (χ0n) is 11.4. The van der Waals surface area contributed by atoms with Crippen molar-refractivity contribution >= 4 is 13.4 Å². The minimum atomic E-state index is -3.28. The fourth-order valence-electron chi connectivity index (χ4n) is 1.58. The van der Waals surface area contributed by atoms with Crippen LogP contribution in [0, 0.1) is 0 Å². The zero-order chi connectivity index (χ0) is 14.3. The van der Waals surface area contributed by atoms with E-state index in [0.717, 1.165) is 0 Å². The van der Waals surface area contributed by atoms with E-state index in [9.17, 15) is 9.36 Å². The van der Waals surface area contributed by atoms with Crippen LogP contribution in [-0.2, 0) is 18.4 Å². The van der Waals surface area contributed by atoms with Gasteiger partial charge in [0.2, 0.25) is 0 Å². The number of benzene rings is 1. The highest BCUT2D eigenvalue weighted by Gasteiger charge is 2.26. The van der Waals surface area contributed by atoms with Gasteiger partial charge in [0.15, 0.2) is 0 Å². The minimum absolute atomic E-state index is 0.158. The molecule has 1 unspecified atom stereocenters. The predicted octanol–water partition coefficient (Wildman–Crippen LogP) is 2.90. The molecule has 0 fully saturated rings. The maximum absolute atomic E-state index is 11.8. The van der Waals surface area contributed by atoms with E-state index in [-0.39, 0.29) is 24.5 Å². The molecular weight excluding hydrogens is 267 g/mol. The molecule has 0 bridgehead atoms. The van der Waals surface area contributed by atoms with Crippen LogP contribution in [0.25, 0.3) is 0 Å². The quantitative estimate of drug-likeness (QED) is 0.688. The summed E-state index contributed by atoms with van der Waals surface area (Å²) in [5.74, 6) is 0.486. The van der Waals surface area contributed by atoms with Crippen LogP contribution < -0.4 is 4.74 Å². The highest BCUT2D eigenvalue weighted by Crippen LogP contribution is 2.46. The molecule has 1 rings (SSSR count). The number of carbonyl (C=O) groups is 1. The Kier molecular flexibility index (Phi) is 6.22. The van der Waals surface area contributed by atoms with Gasteiger partial charge in [-0.05, 0) is 19.1 Å². The minimum Gasteiger partial charge on any atom is -0.490 e. The van der Waals surface area contributed by atoms with E-state index >= 15 is 0 Å². The van der Waals surface area contributed by atoms with Crippen LogP contribution in [0.4, 0.5) is 0 Å². The molecule has 0 N–H and O–H groups in total. The van der Waals surface area contributed by atoms with Gasteiger partial charge in [-0.2, -0.15) is 0 Å². The average molecular weight is 286 g/mol. The van der Waals surface area contributed by atoms with Crippen LogP contribution in [0.2, 0.25) is 0 Å². The standard InChI is InChI=1S/C13H19O5P/c1-11(18-13-7-5-4-6-8-13)9-12(14)10-19(15,16-2)17-3/h4-8,11H,9-10H2,1-3H3. The van der Waals surface area contributed by atoms with Crippen molar-refractivity contribution in [2.45, 2.75) is 19.4 Å². The van der Waals surface area contributed by atoms with Gasteiger partial charge in [-0.3, -0.25) is 9.36 Å². The van der Waals surface area contributed by atoms with Crippen molar-refractivity contribution in [1.82, 2.24) is 0 Å². The second-order valence-corrected chi connectivity index (χ2v) is 6.39. The summed E-state index contributed by atoms with van der Waals surface area (Å²) in [5, 5.41) is 0. The maximum Gasteiger partial charge on any atom is 0.337 e. The van der Waals surface area contributed by atoms with Crippen molar-refractivity contribution in [3.8, 4) is 5.75 Å². The van der Waals surface area contributed by atoms with Crippen LogP contribution in [0.15, 0.2) is 30.3 Å². The molecule has 0 aliphatic heterocycles. The molecular formula is C13H19O5P. The lowest BCUT2D eigenvalue weighted by molar-refractivity contribution is -0.118. The monoisotopic (exact) mass is 286 g/mol. The van der Waals surface area contributed by atoms with Crippen molar-refractivity contribution in [3.63, 3.8) is 0 Å². The molecule has 0 aliphatic rings. The Balaban J connectivity index is 2.46. The molecule has 1 atom stereocenters. The van der Waals surface area contributed by atoms with Gasteiger partial charge >= 0.3 is 7.60 Å². The third kappa shape index (κ3) is 5.55. The zero-order valence-corrected chi connectivity index (χ0v) is 12.3. The SMILES string of the molecule is COP(=O)(CC(=O)CC(C)Oc1ccccc1)OC. The van der Waals surface area contributed by atoms with E-state index in [1.165, 1.54) is 14.2 Å². The summed E-state index contributed by atoms with van der Waals surface area (Å²) < 4.78 is 26.8. The third-order valence-electron chi connectivity index (χ3n) is 2.52. The molecule has 0 aliphatic carbocycles. The molecule has 0 aromatic heterocycles. The van der Waals surface area contributed by atoms with E-state index in [1.807, 2.05) is 30.3 Å². The van der Waals surface area contributed by atoms with Crippen molar-refractivity contribution in [2.75, 3.05) is 20.4 Å². The lowest BCUT2D eigenvalue weighted by Gasteiger charge is -2.16. The van der Waals surface area contributed by atoms with E-state index in [4.69, 9.17) is 13.8 Å². The van der Waals surface area contributed by atoms with Crippen molar-refractivity contribution in [1.29, 1.82) is 0 Å². The fourth-order valence-corrected chi connectivity index (χ4v) is 2.55. The van der Waals surface area contributed by atoms with Gasteiger partial charge in [0.25, 0.3) is 0 Å². The Bertz CT molecular complexity index is 438. The number of Topliss-reactive ketones (excluding diaryl/α,β-unsaturated/α-hetero) is 1. The fraction of sp³-hybridized carbons (Fsp3) is 0.462. The first-order chi connectivity index (χ1) is 8.99. The van der Waals surface area contributed by atoms with Gasteiger partial charge in [-0.1, -0.05) is 18.2 Å². The van der Waals surface area contributed by atoms with Crippen molar-refractivity contribution in [3.05, 3.63) is 30.3 Å². The number of hydrogen-bond acceptors (Lipinski definition) is 5. The Hall–Kier alpha value is -1.16. The maximum atomic E-state index is 11.8. The lowest BCUT2D eigenvalue weighted by atomic mass is 10.2. The van der Waals surface area contributed by atoms with Crippen LogP contribution in [0.5, 0.6) is 5.75 Å². The Morgan fingerprint density at radius 2 is 1.79 bits per heavy atom. The summed E-state index contributed by atoms with van der Waals surface area (Å²) in [5.41, 5.74) is 0. The summed E-state index contributed by atoms with van der Waals surface area (Å²) in [7, 11) is -0.750. The highest BCUT2D eigenvalue weighted by atomic mass is 31.2. The number of ketones is 1. The molecule has 6 heteroatoms. The van der Waals surface area contributed by atoms with Gasteiger partial charge in [0.1, 0.15) is 23.8 Å². The normalized spacial score (nSPS) is 13.0. The van der Waals surface area contributed by atoms with Gasteiger partial charge in [0.05, 0.1) is 0 Å². The van der Waals surface area contributed by atoms with Crippen molar-refractivity contribution < 1.29 is 23.1 Å². The van der Waals surface area contributed by atoms with Gasteiger partial charge in [0, 0.05) is 20.6 Å². The summed E-state index contributed by atoms with van der Waals surface area (Å²) >= 11 is 0. The Morgan fingerprint density at radius 1 is 1.21 bits per heavy atom. The smallest absolute Gasteiger partial charge is 0.337 e. The Labute approximate surface area is 113 Å². The molecule has 1 aromatic carbocycles. The van der Waals surface area contributed by atoms with Crippen molar-refractivity contribution in [2.24, 2.45) is 0 Å². The van der Waals surface area contributed by atoms with E-state index in [2.05, 4.69) is 0 Å². The lowest BCUT2D eigenvalue weighted by Crippen LogP contribution is -2.19. The molecule has 0 radical (unpaired) electrons. The van der Waals surface area contributed by atoms with E-state index in [1.54, 1.807) is 6.92 Å². The van der Waals surface area contributed by atoms with Crippen LogP contribution in [0.3, 0.4) is 0 Å². The molecule has 0 amide bonds. The number of carbonyl (C=O) groups excluding carboxylic acids is 1. The molecule has 0 heterocycles. The highest BCUT2D eigenvalue weighted by molar-refractivity contribution is 7.54. The van der Waals surface area contributed by atoms with Gasteiger partial charge in [-0.15, -0.1) is 0 Å². The molecule has 106 valence electrons. The second kappa shape index (κ2) is 7.43. The van der Waals surface area contributed by atoms with E-state index < -0.39 is 7.60 Å². The van der Waals surface area contributed by atoms with Gasteiger partial charge in [-0.25, -0.2) is 0 Å². The molecule has 19 heavy (non-hydrogen) atoms. The summed E-state index contributed by atoms with van der Waals surface area (Å²) in [4.78, 5) is 11.8. The summed E-state index contributed by atoms with van der Waals surface area (Å²) in [6.45, 7) is 1.79. The molecule has 0 saturated carbocycles. The van der Waals surface area contributed by atoms with Crippen LogP contribution >= 0.6 is 7.60 Å². The topological polar surface area (TPSA) is 61.8 Å². The molecule has 1 aromatic rings. The number of para-hydroxylation sites is 1.